The summed E-state index contributed by atoms with van der Waals surface area (Å²) in [7, 11) is -3.87. The molecule has 31 heavy (non-hydrogen) atoms. The van der Waals surface area contributed by atoms with E-state index in [9.17, 15) is 13.2 Å². The van der Waals surface area contributed by atoms with Gasteiger partial charge in [-0.3, -0.25) is 10.1 Å². The Kier molecular flexibility index (Phi) is 6.84. The lowest BCUT2D eigenvalue weighted by atomic mass is 10.2. The molecular formula is C20H18ClN5O3S2. The van der Waals surface area contributed by atoms with Crippen molar-refractivity contribution in [3.8, 4) is 0 Å². The standard InChI is InChI=1S/C20H18ClN5O3S2/c1-12-10-13(2)23-19(22-12)26-31(28,29)17-8-6-16(7-9-17)24-20(30)25-18(27)14-4-3-5-15(21)11-14/h3-11H,1-2H3,(H,22,23,26)(H2,24,25,27,30). The first kappa shape index (κ1) is 22.6. The number of sulfonamides is 1. The molecule has 8 nitrogen and oxygen atoms in total. The van der Waals surface area contributed by atoms with Crippen molar-refractivity contribution in [3.05, 3.63) is 76.6 Å². The van der Waals surface area contributed by atoms with Crippen molar-refractivity contribution >= 4 is 56.5 Å². The smallest absolute Gasteiger partial charge is 0.264 e. The van der Waals surface area contributed by atoms with Crippen LogP contribution < -0.4 is 15.4 Å². The summed E-state index contributed by atoms with van der Waals surface area (Å²) < 4.78 is 27.5. The van der Waals surface area contributed by atoms with Crippen LogP contribution in [0.2, 0.25) is 5.02 Å². The second kappa shape index (κ2) is 9.38. The van der Waals surface area contributed by atoms with Crippen molar-refractivity contribution in [3.63, 3.8) is 0 Å². The SMILES string of the molecule is Cc1cc(C)nc(NS(=O)(=O)c2ccc(NC(=S)NC(=O)c3cccc(Cl)c3)cc2)n1. The van der Waals surface area contributed by atoms with Gasteiger partial charge in [0.2, 0.25) is 5.95 Å². The number of aromatic nitrogens is 2. The van der Waals surface area contributed by atoms with Gasteiger partial charge in [0.1, 0.15) is 0 Å². The van der Waals surface area contributed by atoms with Crippen molar-refractivity contribution in [2.24, 2.45) is 0 Å². The molecule has 0 radical (unpaired) electrons. The molecule has 1 amide bonds. The highest BCUT2D eigenvalue weighted by Gasteiger charge is 2.16. The molecule has 3 N–H and O–H groups in total. The first-order valence-electron chi connectivity index (χ1n) is 8.95. The molecule has 1 aromatic heterocycles. The number of hydrogen-bond acceptors (Lipinski definition) is 6. The highest BCUT2D eigenvalue weighted by atomic mass is 35.5. The van der Waals surface area contributed by atoms with Crippen LogP contribution in [0.4, 0.5) is 11.6 Å². The molecule has 1 heterocycles. The summed E-state index contributed by atoms with van der Waals surface area (Å²) in [5.41, 5.74) is 2.16. The van der Waals surface area contributed by atoms with Gasteiger partial charge in [0.05, 0.1) is 4.90 Å². The number of rotatable bonds is 5. The number of carbonyl (C=O) groups excluding carboxylic acids is 1. The normalized spacial score (nSPS) is 10.9. The van der Waals surface area contributed by atoms with Gasteiger partial charge in [0.25, 0.3) is 15.9 Å². The maximum Gasteiger partial charge on any atom is 0.264 e. The van der Waals surface area contributed by atoms with Gasteiger partial charge in [-0.05, 0) is 74.6 Å². The predicted octanol–water partition coefficient (Wildman–Crippen LogP) is 3.67. The van der Waals surface area contributed by atoms with Gasteiger partial charge >= 0.3 is 0 Å². The minimum absolute atomic E-state index is 0.00427. The topological polar surface area (TPSA) is 113 Å². The van der Waals surface area contributed by atoms with Crippen molar-refractivity contribution in [2.45, 2.75) is 18.7 Å². The Morgan fingerprint density at radius 2 is 1.65 bits per heavy atom. The summed E-state index contributed by atoms with van der Waals surface area (Å²) in [5, 5.41) is 5.85. The summed E-state index contributed by atoms with van der Waals surface area (Å²) in [5.74, 6) is -0.415. The molecule has 0 atom stereocenters. The molecule has 11 heteroatoms. The van der Waals surface area contributed by atoms with Crippen LogP contribution in [-0.4, -0.2) is 29.4 Å². The van der Waals surface area contributed by atoms with Gasteiger partial charge in [0.15, 0.2) is 5.11 Å². The second-order valence-corrected chi connectivity index (χ2v) is 9.05. The van der Waals surface area contributed by atoms with Crippen molar-refractivity contribution in [1.29, 1.82) is 0 Å². The first-order chi connectivity index (χ1) is 14.6. The van der Waals surface area contributed by atoms with E-state index in [-0.39, 0.29) is 16.0 Å². The van der Waals surface area contributed by atoms with E-state index in [4.69, 9.17) is 23.8 Å². The Bertz CT molecular complexity index is 1230. The fourth-order valence-corrected chi connectivity index (χ4v) is 3.98. The minimum atomic E-state index is -3.87. The molecule has 160 valence electrons. The number of halogens is 1. The third kappa shape index (κ3) is 6.20. The molecule has 2 aromatic carbocycles. The fraction of sp³-hybridized carbons (Fsp3) is 0.100. The van der Waals surface area contributed by atoms with E-state index in [1.54, 1.807) is 38.1 Å². The van der Waals surface area contributed by atoms with Crippen LogP contribution in [0.5, 0.6) is 0 Å². The van der Waals surface area contributed by atoms with Crippen LogP contribution in [0.3, 0.4) is 0 Å². The van der Waals surface area contributed by atoms with E-state index in [2.05, 4.69) is 25.3 Å². The van der Waals surface area contributed by atoms with Gasteiger partial charge < -0.3 is 5.32 Å². The molecule has 3 aromatic rings. The Morgan fingerprint density at radius 1 is 1.00 bits per heavy atom. The third-order valence-corrected chi connectivity index (χ3v) is 5.73. The Labute approximate surface area is 190 Å². The maximum absolute atomic E-state index is 12.6. The number of nitrogens with one attached hydrogen (secondary N) is 3. The number of hydrogen-bond donors (Lipinski definition) is 3. The summed E-state index contributed by atoms with van der Waals surface area (Å²) in [6.07, 6.45) is 0. The fourth-order valence-electron chi connectivity index (χ4n) is 2.64. The third-order valence-electron chi connectivity index (χ3n) is 3.94. The van der Waals surface area contributed by atoms with E-state index >= 15 is 0 Å². The molecule has 0 aliphatic rings. The zero-order chi connectivity index (χ0) is 22.6. The van der Waals surface area contributed by atoms with E-state index in [1.165, 1.54) is 30.3 Å². The average Bonchev–Trinajstić information content (AvgIpc) is 2.67. The molecule has 3 rings (SSSR count). The number of nitrogens with zero attached hydrogens (tertiary/aromatic N) is 2. The van der Waals surface area contributed by atoms with Crippen LogP contribution in [0.1, 0.15) is 21.7 Å². The number of thiocarbonyl (C=S) groups is 1. The zero-order valence-electron chi connectivity index (χ0n) is 16.5. The molecule has 0 fully saturated rings. The molecule has 0 unspecified atom stereocenters. The highest BCUT2D eigenvalue weighted by molar-refractivity contribution is 7.92. The van der Waals surface area contributed by atoms with Gasteiger partial charge in [-0.25, -0.2) is 23.1 Å². The van der Waals surface area contributed by atoms with E-state index < -0.39 is 15.9 Å². The molecule has 0 aliphatic heterocycles. The van der Waals surface area contributed by atoms with Crippen molar-refractivity contribution in [1.82, 2.24) is 15.3 Å². The Balaban J connectivity index is 1.65. The van der Waals surface area contributed by atoms with Gasteiger partial charge in [-0.2, -0.15) is 0 Å². The lowest BCUT2D eigenvalue weighted by molar-refractivity contribution is 0.0977. The zero-order valence-corrected chi connectivity index (χ0v) is 18.9. The monoisotopic (exact) mass is 475 g/mol. The molecule has 0 saturated heterocycles. The first-order valence-corrected chi connectivity index (χ1v) is 11.2. The average molecular weight is 476 g/mol. The van der Waals surface area contributed by atoms with Gasteiger partial charge in [-0.15, -0.1) is 0 Å². The predicted molar refractivity (Wildman–Crippen MR) is 124 cm³/mol. The summed E-state index contributed by atoms with van der Waals surface area (Å²) in [6.45, 7) is 3.50. The molecule has 0 spiro atoms. The van der Waals surface area contributed by atoms with Crippen molar-refractivity contribution < 1.29 is 13.2 Å². The summed E-state index contributed by atoms with van der Waals surface area (Å²) in [6, 6.07) is 14.0. The van der Waals surface area contributed by atoms with Crippen molar-refractivity contribution in [2.75, 3.05) is 10.0 Å². The lowest BCUT2D eigenvalue weighted by Crippen LogP contribution is -2.34. The minimum Gasteiger partial charge on any atom is -0.332 e. The van der Waals surface area contributed by atoms with E-state index in [0.717, 1.165) is 0 Å². The van der Waals surface area contributed by atoms with Crippen LogP contribution in [0.25, 0.3) is 0 Å². The van der Waals surface area contributed by atoms with Crippen LogP contribution in [-0.2, 0) is 10.0 Å². The molecule has 0 bridgehead atoms. The van der Waals surface area contributed by atoms with E-state index in [0.29, 0.717) is 27.7 Å². The van der Waals surface area contributed by atoms with Gasteiger partial charge in [0, 0.05) is 27.7 Å². The van der Waals surface area contributed by atoms with Crippen LogP contribution in [0, 0.1) is 13.8 Å². The quantitative estimate of drug-likeness (QED) is 0.482. The molecular weight excluding hydrogens is 458 g/mol. The van der Waals surface area contributed by atoms with E-state index in [1.807, 2.05) is 0 Å². The number of carbonyl (C=O) groups is 1. The number of amides is 1. The van der Waals surface area contributed by atoms with Crippen LogP contribution in [0.15, 0.2) is 59.5 Å². The molecule has 0 saturated carbocycles. The number of benzene rings is 2. The highest BCUT2D eigenvalue weighted by Crippen LogP contribution is 2.17. The Morgan fingerprint density at radius 3 is 2.26 bits per heavy atom. The Hall–Kier alpha value is -3.08. The largest absolute Gasteiger partial charge is 0.332 e. The second-order valence-electron chi connectivity index (χ2n) is 6.52. The molecule has 0 aliphatic carbocycles. The number of anilines is 2. The van der Waals surface area contributed by atoms with Crippen LogP contribution >= 0.6 is 23.8 Å². The van der Waals surface area contributed by atoms with Gasteiger partial charge in [-0.1, -0.05) is 17.7 Å². The maximum atomic E-state index is 12.6. The lowest BCUT2D eigenvalue weighted by Gasteiger charge is -2.11. The summed E-state index contributed by atoms with van der Waals surface area (Å²) >= 11 is 11.0. The number of aryl methyl sites for hydroxylation is 2. The summed E-state index contributed by atoms with van der Waals surface area (Å²) in [4.78, 5) is 20.4.